The Labute approximate surface area is 65.0 Å². The quantitative estimate of drug-likeness (QED) is 0.437. The van der Waals surface area contributed by atoms with Gasteiger partial charge in [0.15, 0.2) is 0 Å². The van der Waals surface area contributed by atoms with Gasteiger partial charge in [-0.15, -0.1) is 5.90 Å². The third kappa shape index (κ3) is 5.78. The molecular formula is C6H12NO4. The fraction of sp³-hybridized carbons (Fsp3) is 0.833. The highest BCUT2D eigenvalue weighted by Crippen LogP contribution is 1.89. The van der Waals surface area contributed by atoms with E-state index in [9.17, 15) is 4.79 Å². The lowest BCUT2D eigenvalue weighted by atomic mass is 10.4. The summed E-state index contributed by atoms with van der Waals surface area (Å²) >= 11 is 0. The molecule has 0 aliphatic rings. The molecule has 0 rings (SSSR count). The summed E-state index contributed by atoms with van der Waals surface area (Å²) in [5.74, 6) is 5.90. The summed E-state index contributed by atoms with van der Waals surface area (Å²) in [6.45, 7) is 1.41. The van der Waals surface area contributed by atoms with E-state index in [0.717, 1.165) is 0 Å². The van der Waals surface area contributed by atoms with Crippen molar-refractivity contribution in [2.45, 2.75) is 19.4 Å². The van der Waals surface area contributed by atoms with E-state index in [-0.39, 0.29) is 25.6 Å². The normalized spacial score (nSPS) is 12.6. The van der Waals surface area contributed by atoms with Crippen LogP contribution in [0.1, 0.15) is 13.3 Å². The standard InChI is InChI=1S/C6H12NO4/c1-2-6(9)10-3-5(8)4-11-7/h5,7-8H,2-4H2,1H3. The first-order chi connectivity index (χ1) is 5.20. The highest BCUT2D eigenvalue weighted by atomic mass is 16.6. The average molecular weight is 162 g/mol. The number of nitrogens with one attached hydrogen (secondary N) is 1. The van der Waals surface area contributed by atoms with Gasteiger partial charge in [0.2, 0.25) is 0 Å². The van der Waals surface area contributed by atoms with Crippen molar-refractivity contribution in [3.05, 3.63) is 0 Å². The molecule has 11 heavy (non-hydrogen) atoms. The van der Waals surface area contributed by atoms with E-state index < -0.39 is 6.10 Å². The van der Waals surface area contributed by atoms with Crippen LogP contribution in [-0.2, 0) is 14.4 Å². The van der Waals surface area contributed by atoms with Crippen molar-refractivity contribution in [3.63, 3.8) is 0 Å². The Balaban J connectivity index is 3.29. The van der Waals surface area contributed by atoms with E-state index in [1.165, 1.54) is 0 Å². The summed E-state index contributed by atoms with van der Waals surface area (Å²) in [6.07, 6.45) is -0.614. The minimum absolute atomic E-state index is 0.106. The SMILES string of the molecule is CCC(=O)OCC(O)CO[NH]. The maximum Gasteiger partial charge on any atom is 0.305 e. The Hall–Kier alpha value is -0.650. The van der Waals surface area contributed by atoms with Gasteiger partial charge in [-0.05, 0) is 0 Å². The molecule has 0 fully saturated rings. The molecule has 65 valence electrons. The lowest BCUT2D eigenvalue weighted by molar-refractivity contribution is -0.147. The molecule has 0 aromatic carbocycles. The van der Waals surface area contributed by atoms with Crippen molar-refractivity contribution in [1.29, 1.82) is 0 Å². The zero-order chi connectivity index (χ0) is 8.69. The number of ether oxygens (including phenoxy) is 1. The first-order valence-corrected chi connectivity index (χ1v) is 3.33. The number of aliphatic hydroxyl groups excluding tert-OH is 1. The number of carbonyl (C=O) groups is 1. The van der Waals surface area contributed by atoms with Crippen molar-refractivity contribution >= 4 is 5.97 Å². The molecule has 0 bridgehead atoms. The van der Waals surface area contributed by atoms with E-state index in [2.05, 4.69) is 9.57 Å². The van der Waals surface area contributed by atoms with Crippen LogP contribution in [-0.4, -0.2) is 30.4 Å². The Morgan fingerprint density at radius 1 is 1.64 bits per heavy atom. The minimum atomic E-state index is -0.900. The van der Waals surface area contributed by atoms with Crippen molar-refractivity contribution in [2.24, 2.45) is 0 Å². The molecule has 5 nitrogen and oxygen atoms in total. The number of esters is 1. The highest BCUT2D eigenvalue weighted by Gasteiger charge is 2.06. The Morgan fingerprint density at radius 3 is 2.73 bits per heavy atom. The molecule has 1 radical (unpaired) electrons. The van der Waals surface area contributed by atoms with Crippen LogP contribution < -0.4 is 5.90 Å². The molecule has 0 aliphatic heterocycles. The first kappa shape index (κ1) is 10.3. The second-order valence-corrected chi connectivity index (χ2v) is 2.00. The van der Waals surface area contributed by atoms with Crippen LogP contribution in [0.2, 0.25) is 0 Å². The molecule has 0 aromatic rings. The van der Waals surface area contributed by atoms with Gasteiger partial charge >= 0.3 is 5.97 Å². The second kappa shape index (κ2) is 6.09. The van der Waals surface area contributed by atoms with Crippen LogP contribution in [0.25, 0.3) is 0 Å². The Bertz CT molecular complexity index is 117. The number of hydrogen-bond donors (Lipinski definition) is 1. The Morgan fingerprint density at radius 2 is 2.27 bits per heavy atom. The summed E-state index contributed by atoms with van der Waals surface area (Å²) in [4.78, 5) is 14.4. The van der Waals surface area contributed by atoms with E-state index in [1.54, 1.807) is 6.92 Å². The van der Waals surface area contributed by atoms with E-state index >= 15 is 0 Å². The number of carbonyl (C=O) groups excluding carboxylic acids is 1. The van der Waals surface area contributed by atoms with E-state index in [1.807, 2.05) is 0 Å². The summed E-state index contributed by atoms with van der Waals surface area (Å²) in [5.41, 5.74) is 0. The molecule has 5 heteroatoms. The van der Waals surface area contributed by atoms with Gasteiger partial charge in [0.25, 0.3) is 0 Å². The van der Waals surface area contributed by atoms with Gasteiger partial charge in [0, 0.05) is 6.42 Å². The van der Waals surface area contributed by atoms with Crippen LogP contribution in [0.5, 0.6) is 0 Å². The minimum Gasteiger partial charge on any atom is -0.463 e. The van der Waals surface area contributed by atoms with Crippen molar-refractivity contribution in [2.75, 3.05) is 13.2 Å². The fourth-order valence-corrected chi connectivity index (χ4v) is 0.436. The summed E-state index contributed by atoms with van der Waals surface area (Å²) in [7, 11) is 0. The molecule has 1 unspecified atom stereocenters. The monoisotopic (exact) mass is 162 g/mol. The van der Waals surface area contributed by atoms with Crippen LogP contribution in [0, 0.1) is 0 Å². The number of aliphatic hydroxyl groups is 1. The van der Waals surface area contributed by atoms with E-state index in [0.29, 0.717) is 0 Å². The van der Waals surface area contributed by atoms with Crippen LogP contribution >= 0.6 is 0 Å². The molecule has 2 N–H and O–H groups in total. The van der Waals surface area contributed by atoms with Crippen LogP contribution in [0.15, 0.2) is 0 Å². The second-order valence-electron chi connectivity index (χ2n) is 2.00. The third-order valence-electron chi connectivity index (χ3n) is 1.00. The van der Waals surface area contributed by atoms with Crippen LogP contribution in [0.4, 0.5) is 0 Å². The van der Waals surface area contributed by atoms with Gasteiger partial charge in [-0.3, -0.25) is 9.63 Å². The lowest BCUT2D eigenvalue weighted by Gasteiger charge is -2.07. The molecule has 0 heterocycles. The maximum absolute atomic E-state index is 10.5. The molecule has 1 atom stereocenters. The highest BCUT2D eigenvalue weighted by molar-refractivity contribution is 5.68. The largest absolute Gasteiger partial charge is 0.463 e. The summed E-state index contributed by atoms with van der Waals surface area (Å²) in [5, 5.41) is 8.87. The van der Waals surface area contributed by atoms with E-state index in [4.69, 9.17) is 11.0 Å². The molecule has 0 saturated heterocycles. The van der Waals surface area contributed by atoms with Gasteiger partial charge in [0.1, 0.15) is 12.7 Å². The predicted molar refractivity (Wildman–Crippen MR) is 36.3 cm³/mol. The molecular weight excluding hydrogens is 150 g/mol. The Kier molecular flexibility index (Phi) is 5.73. The molecule has 0 aliphatic carbocycles. The predicted octanol–water partition coefficient (Wildman–Crippen LogP) is -0.485. The maximum atomic E-state index is 10.5. The van der Waals surface area contributed by atoms with Gasteiger partial charge in [0.05, 0.1) is 6.61 Å². The number of rotatable bonds is 5. The number of hydrogen-bond acceptors (Lipinski definition) is 4. The zero-order valence-electron chi connectivity index (χ0n) is 6.37. The third-order valence-corrected chi connectivity index (χ3v) is 1.00. The van der Waals surface area contributed by atoms with Crippen molar-refractivity contribution in [3.8, 4) is 0 Å². The molecule has 0 spiro atoms. The molecule has 0 aromatic heterocycles. The van der Waals surface area contributed by atoms with Gasteiger partial charge < -0.3 is 9.84 Å². The van der Waals surface area contributed by atoms with Gasteiger partial charge in [-0.25, -0.2) is 0 Å². The topological polar surface area (TPSA) is 79.6 Å². The first-order valence-electron chi connectivity index (χ1n) is 3.33. The summed E-state index contributed by atoms with van der Waals surface area (Å²) in [6, 6.07) is 0. The van der Waals surface area contributed by atoms with Crippen LogP contribution in [0.3, 0.4) is 0 Å². The zero-order valence-corrected chi connectivity index (χ0v) is 6.37. The summed E-state index contributed by atoms with van der Waals surface area (Å²) < 4.78 is 4.55. The average Bonchev–Trinajstić information content (AvgIpc) is 2.01. The van der Waals surface area contributed by atoms with Gasteiger partial charge in [-0.2, -0.15) is 0 Å². The smallest absolute Gasteiger partial charge is 0.305 e. The van der Waals surface area contributed by atoms with Crippen molar-refractivity contribution in [1.82, 2.24) is 5.90 Å². The van der Waals surface area contributed by atoms with Gasteiger partial charge in [-0.1, -0.05) is 6.92 Å². The fourth-order valence-electron chi connectivity index (χ4n) is 0.436. The van der Waals surface area contributed by atoms with Crippen molar-refractivity contribution < 1.29 is 19.5 Å². The lowest BCUT2D eigenvalue weighted by Crippen LogP contribution is -2.23. The molecule has 0 amide bonds. The molecule has 0 saturated carbocycles.